The van der Waals surface area contributed by atoms with E-state index in [-0.39, 0.29) is 0 Å². The summed E-state index contributed by atoms with van der Waals surface area (Å²) in [6.45, 7) is 9.93. The van der Waals surface area contributed by atoms with E-state index in [0.717, 1.165) is 6.54 Å². The average molecular weight is 172 g/mol. The van der Waals surface area contributed by atoms with Crippen molar-refractivity contribution in [2.45, 2.75) is 33.6 Å². The van der Waals surface area contributed by atoms with Crippen LogP contribution in [0.15, 0.2) is 0 Å². The number of hydrogen-bond donors (Lipinski definition) is 2. The van der Waals surface area contributed by atoms with Gasteiger partial charge in [0.1, 0.15) is 0 Å². The van der Waals surface area contributed by atoms with Crippen molar-refractivity contribution >= 4 is 0 Å². The van der Waals surface area contributed by atoms with Crippen LogP contribution in [-0.4, -0.2) is 26.7 Å². The Morgan fingerprint density at radius 2 is 2.08 bits per heavy atom. The zero-order chi connectivity index (χ0) is 9.45. The first-order valence-corrected chi connectivity index (χ1v) is 5.12. The van der Waals surface area contributed by atoms with Crippen LogP contribution in [0.4, 0.5) is 0 Å². The van der Waals surface area contributed by atoms with Crippen molar-refractivity contribution < 1.29 is 0 Å². The van der Waals surface area contributed by atoms with Crippen LogP contribution in [0.1, 0.15) is 33.6 Å². The van der Waals surface area contributed by atoms with Crippen molar-refractivity contribution in [2.75, 3.05) is 26.7 Å². The highest BCUT2D eigenvalue weighted by molar-refractivity contribution is 4.83. The molecule has 0 radical (unpaired) electrons. The lowest BCUT2D eigenvalue weighted by Crippen LogP contribution is -2.24. The van der Waals surface area contributed by atoms with Crippen LogP contribution >= 0.6 is 0 Å². The maximum Gasteiger partial charge on any atom is 0.000612 e. The minimum atomic E-state index is 0.572. The van der Waals surface area contributed by atoms with Crippen molar-refractivity contribution in [3.05, 3.63) is 0 Å². The summed E-state index contributed by atoms with van der Waals surface area (Å²) >= 11 is 0. The highest BCUT2D eigenvalue weighted by Gasteiger charge is 2.27. The molecular weight excluding hydrogens is 148 g/mol. The van der Waals surface area contributed by atoms with Crippen molar-refractivity contribution in [1.82, 2.24) is 10.6 Å². The van der Waals surface area contributed by atoms with E-state index in [1.54, 1.807) is 0 Å². The molecule has 0 spiro atoms. The maximum absolute atomic E-state index is 3.39. The second-order valence-corrected chi connectivity index (χ2v) is 3.59. The molecule has 0 aromatic rings. The lowest BCUT2D eigenvalue weighted by atomic mass is 9.86. The van der Waals surface area contributed by atoms with E-state index in [1.165, 1.54) is 25.9 Å². The smallest absolute Gasteiger partial charge is 0.000612 e. The van der Waals surface area contributed by atoms with E-state index in [0.29, 0.717) is 5.41 Å². The van der Waals surface area contributed by atoms with Gasteiger partial charge in [-0.25, -0.2) is 0 Å². The molecule has 1 saturated heterocycles. The predicted molar refractivity (Wildman–Crippen MR) is 55.5 cm³/mol. The summed E-state index contributed by atoms with van der Waals surface area (Å²) in [5.41, 5.74) is 0.572. The van der Waals surface area contributed by atoms with E-state index >= 15 is 0 Å². The van der Waals surface area contributed by atoms with Crippen LogP contribution in [0.5, 0.6) is 0 Å². The summed E-state index contributed by atoms with van der Waals surface area (Å²) in [6, 6.07) is 0. The third-order valence-electron chi connectivity index (χ3n) is 2.44. The van der Waals surface area contributed by atoms with Crippen molar-refractivity contribution in [1.29, 1.82) is 0 Å². The fraction of sp³-hybridized carbons (Fsp3) is 1.00. The quantitative estimate of drug-likeness (QED) is 0.676. The van der Waals surface area contributed by atoms with E-state index < -0.39 is 0 Å². The van der Waals surface area contributed by atoms with E-state index in [2.05, 4.69) is 17.6 Å². The Balaban J connectivity index is 0.000000561. The normalized spacial score (nSPS) is 28.0. The number of rotatable bonds is 3. The molecule has 1 aliphatic heterocycles. The Bertz CT molecular complexity index is 96.0. The number of hydrogen-bond acceptors (Lipinski definition) is 2. The molecule has 0 saturated carbocycles. The molecule has 0 aromatic carbocycles. The summed E-state index contributed by atoms with van der Waals surface area (Å²) in [4.78, 5) is 0. The summed E-state index contributed by atoms with van der Waals surface area (Å²) in [6.07, 6.45) is 2.64. The average Bonchev–Trinajstić information content (AvgIpc) is 2.53. The lowest BCUT2D eigenvalue weighted by molar-refractivity contribution is 0.331. The van der Waals surface area contributed by atoms with Gasteiger partial charge in [-0.15, -0.1) is 0 Å². The summed E-state index contributed by atoms with van der Waals surface area (Å²) in [5, 5.41) is 6.59. The van der Waals surface area contributed by atoms with Gasteiger partial charge >= 0.3 is 0 Å². The molecule has 1 rings (SSSR count). The predicted octanol–water partition coefficient (Wildman–Crippen LogP) is 1.62. The Kier molecular flexibility index (Phi) is 6.39. The molecule has 2 heteroatoms. The first-order valence-electron chi connectivity index (χ1n) is 5.12. The highest BCUT2D eigenvalue weighted by Crippen LogP contribution is 2.27. The third-order valence-corrected chi connectivity index (χ3v) is 2.44. The molecule has 1 fully saturated rings. The van der Waals surface area contributed by atoms with Gasteiger partial charge in [0, 0.05) is 6.54 Å². The largest absolute Gasteiger partial charge is 0.320 e. The zero-order valence-electron chi connectivity index (χ0n) is 9.04. The fourth-order valence-electron chi connectivity index (χ4n) is 1.51. The first kappa shape index (κ1) is 11.9. The SMILES string of the molecule is CC.CNCCC1(C)CCNC1. The van der Waals surface area contributed by atoms with Crippen LogP contribution in [0.3, 0.4) is 0 Å². The van der Waals surface area contributed by atoms with Crippen LogP contribution in [-0.2, 0) is 0 Å². The van der Waals surface area contributed by atoms with Gasteiger partial charge in [0.25, 0.3) is 0 Å². The summed E-state index contributed by atoms with van der Waals surface area (Å²) < 4.78 is 0. The fourth-order valence-corrected chi connectivity index (χ4v) is 1.51. The molecule has 1 unspecified atom stereocenters. The third kappa shape index (κ3) is 4.07. The van der Waals surface area contributed by atoms with Gasteiger partial charge in [0.05, 0.1) is 0 Å². The van der Waals surface area contributed by atoms with E-state index in [4.69, 9.17) is 0 Å². The van der Waals surface area contributed by atoms with Crippen LogP contribution in [0, 0.1) is 5.41 Å². The van der Waals surface area contributed by atoms with Gasteiger partial charge < -0.3 is 10.6 Å². The van der Waals surface area contributed by atoms with Gasteiger partial charge in [-0.05, 0) is 38.4 Å². The molecule has 12 heavy (non-hydrogen) atoms. The monoisotopic (exact) mass is 172 g/mol. The van der Waals surface area contributed by atoms with Gasteiger partial charge in [0.2, 0.25) is 0 Å². The van der Waals surface area contributed by atoms with E-state index in [9.17, 15) is 0 Å². The molecule has 1 aliphatic rings. The standard InChI is InChI=1S/C8H18N2.C2H6/c1-8(3-5-9-2)4-6-10-7-8;1-2/h9-10H,3-7H2,1-2H3;1-2H3. The second kappa shape index (κ2) is 6.44. The van der Waals surface area contributed by atoms with E-state index in [1.807, 2.05) is 20.9 Å². The minimum absolute atomic E-state index is 0.572. The zero-order valence-corrected chi connectivity index (χ0v) is 9.04. The molecule has 2 nitrogen and oxygen atoms in total. The maximum atomic E-state index is 3.39. The number of nitrogens with one attached hydrogen (secondary N) is 2. The Labute approximate surface area is 77.1 Å². The molecular formula is C10H24N2. The molecule has 0 amide bonds. The molecule has 0 aromatic heterocycles. The highest BCUT2D eigenvalue weighted by atomic mass is 14.9. The molecule has 2 N–H and O–H groups in total. The van der Waals surface area contributed by atoms with Gasteiger partial charge in [-0.3, -0.25) is 0 Å². The van der Waals surface area contributed by atoms with Crippen molar-refractivity contribution in [2.24, 2.45) is 5.41 Å². The first-order chi connectivity index (χ1) is 5.77. The molecule has 1 heterocycles. The Morgan fingerprint density at radius 1 is 1.42 bits per heavy atom. The van der Waals surface area contributed by atoms with Crippen molar-refractivity contribution in [3.63, 3.8) is 0 Å². The lowest BCUT2D eigenvalue weighted by Gasteiger charge is -2.21. The topological polar surface area (TPSA) is 24.1 Å². The minimum Gasteiger partial charge on any atom is -0.320 e. The molecule has 0 bridgehead atoms. The molecule has 1 atom stereocenters. The van der Waals surface area contributed by atoms with Gasteiger partial charge in [-0.1, -0.05) is 20.8 Å². The Hall–Kier alpha value is -0.0800. The molecule has 74 valence electrons. The van der Waals surface area contributed by atoms with Gasteiger partial charge in [-0.2, -0.15) is 0 Å². The van der Waals surface area contributed by atoms with Crippen molar-refractivity contribution in [3.8, 4) is 0 Å². The van der Waals surface area contributed by atoms with Gasteiger partial charge in [0.15, 0.2) is 0 Å². The summed E-state index contributed by atoms with van der Waals surface area (Å²) in [7, 11) is 2.02. The Morgan fingerprint density at radius 3 is 2.50 bits per heavy atom. The molecule has 0 aliphatic carbocycles. The van der Waals surface area contributed by atoms with Crippen LogP contribution in [0.25, 0.3) is 0 Å². The second-order valence-electron chi connectivity index (χ2n) is 3.59. The van der Waals surface area contributed by atoms with Crippen LogP contribution < -0.4 is 10.6 Å². The summed E-state index contributed by atoms with van der Waals surface area (Å²) in [5.74, 6) is 0. The van der Waals surface area contributed by atoms with Crippen LogP contribution in [0.2, 0.25) is 0 Å².